The summed E-state index contributed by atoms with van der Waals surface area (Å²) in [6.45, 7) is 4.52. The van der Waals surface area contributed by atoms with Crippen molar-refractivity contribution in [1.29, 1.82) is 0 Å². The smallest absolute Gasteiger partial charge is 0.406 e. The van der Waals surface area contributed by atoms with Crippen LogP contribution in [0.4, 0.5) is 26.3 Å². The maximum atomic E-state index is 13.5. The van der Waals surface area contributed by atoms with E-state index in [2.05, 4.69) is 20.0 Å². The molecule has 2 heterocycles. The lowest BCUT2D eigenvalue weighted by Crippen LogP contribution is -2.16. The Kier molecular flexibility index (Phi) is 7.78. The van der Waals surface area contributed by atoms with Crippen molar-refractivity contribution < 1.29 is 39.5 Å². The predicted octanol–water partition coefficient (Wildman–Crippen LogP) is 7.19. The third-order valence-corrected chi connectivity index (χ3v) is 8.84. The first-order valence-corrected chi connectivity index (χ1v) is 14.5. The highest BCUT2D eigenvalue weighted by atomic mass is 32.2. The van der Waals surface area contributed by atoms with Crippen molar-refractivity contribution in [2.75, 3.05) is 0 Å². The quantitative estimate of drug-likeness (QED) is 0.176. The van der Waals surface area contributed by atoms with Crippen LogP contribution in [0.2, 0.25) is 0 Å². The van der Waals surface area contributed by atoms with E-state index in [4.69, 9.17) is 0 Å². The molecule has 3 aromatic carbocycles. The summed E-state index contributed by atoms with van der Waals surface area (Å²) in [6, 6.07) is 15.9. The first-order valence-electron chi connectivity index (χ1n) is 12.9. The number of halogens is 6. The van der Waals surface area contributed by atoms with E-state index >= 15 is 0 Å². The van der Waals surface area contributed by atoms with Gasteiger partial charge in [0.1, 0.15) is 11.6 Å². The molecule has 230 valence electrons. The highest BCUT2D eigenvalue weighted by molar-refractivity contribution is 7.92. The standard InChI is InChI=1S/C29H23F6N5O3S/c1-17(2)44(41,42)23-6-4-5-20(13-23)21-9-12-24(39-16-27(28(30,31)32)37-18(39)3)25(14-21)40-26(15-36-38-40)19-7-10-22(11-8-19)43-29(33,34)35/h4-17H,1-3H3. The summed E-state index contributed by atoms with van der Waals surface area (Å²) < 4.78 is 111. The van der Waals surface area contributed by atoms with Gasteiger partial charge in [0.2, 0.25) is 0 Å². The number of sulfone groups is 1. The number of nitrogens with zero attached hydrogens (tertiary/aromatic N) is 5. The van der Waals surface area contributed by atoms with Gasteiger partial charge in [-0.1, -0.05) is 23.4 Å². The van der Waals surface area contributed by atoms with Crippen LogP contribution in [0, 0.1) is 6.92 Å². The van der Waals surface area contributed by atoms with Crippen LogP contribution in [0.3, 0.4) is 0 Å². The molecule has 0 unspecified atom stereocenters. The number of imidazole rings is 1. The lowest BCUT2D eigenvalue weighted by molar-refractivity contribution is -0.274. The highest BCUT2D eigenvalue weighted by Gasteiger charge is 2.35. The molecule has 0 N–H and O–H groups in total. The molecule has 44 heavy (non-hydrogen) atoms. The monoisotopic (exact) mass is 635 g/mol. The summed E-state index contributed by atoms with van der Waals surface area (Å²) >= 11 is 0. The number of aryl methyl sites for hydroxylation is 1. The van der Waals surface area contributed by atoms with E-state index in [1.807, 2.05) is 0 Å². The minimum atomic E-state index is -4.89. The minimum Gasteiger partial charge on any atom is -0.406 e. The molecule has 0 fully saturated rings. The van der Waals surface area contributed by atoms with Crippen molar-refractivity contribution >= 4 is 9.84 Å². The molecule has 0 aliphatic rings. The fraction of sp³-hybridized carbons (Fsp3) is 0.207. The molecule has 0 radical (unpaired) electrons. The topological polar surface area (TPSA) is 91.9 Å². The largest absolute Gasteiger partial charge is 0.573 e. The van der Waals surface area contributed by atoms with Gasteiger partial charge >= 0.3 is 12.5 Å². The molecule has 8 nitrogen and oxygen atoms in total. The average Bonchev–Trinajstić information content (AvgIpc) is 3.59. The van der Waals surface area contributed by atoms with Gasteiger partial charge in [-0.05, 0) is 80.4 Å². The second-order valence-electron chi connectivity index (χ2n) is 9.97. The molecule has 2 aromatic heterocycles. The molecule has 15 heteroatoms. The Labute approximate surface area is 247 Å². The number of benzene rings is 3. The summed E-state index contributed by atoms with van der Waals surface area (Å²) in [5.74, 6) is -0.431. The van der Waals surface area contributed by atoms with E-state index in [0.717, 1.165) is 18.3 Å². The van der Waals surface area contributed by atoms with Crippen molar-refractivity contribution in [2.45, 2.75) is 43.5 Å². The van der Waals surface area contributed by atoms with Crippen molar-refractivity contribution in [3.8, 4) is 39.5 Å². The van der Waals surface area contributed by atoms with E-state index in [0.29, 0.717) is 22.4 Å². The molecule has 5 aromatic rings. The Hall–Kier alpha value is -4.66. The van der Waals surface area contributed by atoms with Gasteiger partial charge in [0.15, 0.2) is 15.5 Å². The highest BCUT2D eigenvalue weighted by Crippen LogP contribution is 2.35. The van der Waals surface area contributed by atoms with Crippen LogP contribution >= 0.6 is 0 Å². The molecule has 0 saturated heterocycles. The summed E-state index contributed by atoms with van der Waals surface area (Å²) in [7, 11) is -3.61. The Morgan fingerprint density at radius 1 is 0.841 bits per heavy atom. The third-order valence-electron chi connectivity index (χ3n) is 6.69. The van der Waals surface area contributed by atoms with Gasteiger partial charge in [0.25, 0.3) is 0 Å². The van der Waals surface area contributed by atoms with E-state index in [1.54, 1.807) is 38.1 Å². The van der Waals surface area contributed by atoms with Crippen LogP contribution in [-0.2, 0) is 16.0 Å². The van der Waals surface area contributed by atoms with Crippen LogP contribution in [0.15, 0.2) is 84.0 Å². The Bertz CT molecular complexity index is 1930. The van der Waals surface area contributed by atoms with E-state index in [-0.39, 0.29) is 22.1 Å². The number of hydrogen-bond donors (Lipinski definition) is 0. The normalized spacial score (nSPS) is 12.6. The van der Waals surface area contributed by atoms with E-state index < -0.39 is 39.1 Å². The van der Waals surface area contributed by atoms with E-state index in [9.17, 15) is 34.8 Å². The lowest BCUT2D eigenvalue weighted by Gasteiger charge is -2.16. The zero-order valence-corrected chi connectivity index (χ0v) is 24.0. The van der Waals surface area contributed by atoms with Crippen molar-refractivity contribution in [3.63, 3.8) is 0 Å². The Balaban J connectivity index is 1.68. The molecular weight excluding hydrogens is 612 g/mol. The SMILES string of the molecule is Cc1nc(C(F)(F)F)cn1-c1ccc(-c2cccc(S(=O)(=O)C(C)C)c2)cc1-n1nncc1-c1ccc(OC(F)(F)F)cc1. The number of ether oxygens (including phenoxy) is 1. The first-order chi connectivity index (χ1) is 20.5. The van der Waals surface area contributed by atoms with Crippen molar-refractivity contribution in [3.05, 3.63) is 90.6 Å². The molecule has 0 bridgehead atoms. The van der Waals surface area contributed by atoms with Crippen molar-refractivity contribution in [1.82, 2.24) is 24.5 Å². The zero-order valence-electron chi connectivity index (χ0n) is 23.2. The maximum Gasteiger partial charge on any atom is 0.573 e. The lowest BCUT2D eigenvalue weighted by atomic mass is 10.0. The minimum absolute atomic E-state index is 0.0201. The second-order valence-corrected chi connectivity index (χ2v) is 12.5. The molecule has 0 aliphatic heterocycles. The average molecular weight is 636 g/mol. The molecular formula is C29H23F6N5O3S. The fourth-order valence-corrected chi connectivity index (χ4v) is 5.60. The van der Waals surface area contributed by atoms with Crippen LogP contribution in [-0.4, -0.2) is 44.6 Å². The van der Waals surface area contributed by atoms with Gasteiger partial charge in [0, 0.05) is 11.8 Å². The van der Waals surface area contributed by atoms with Gasteiger partial charge in [-0.15, -0.1) is 18.3 Å². The molecule has 0 spiro atoms. The number of alkyl halides is 6. The molecule has 0 amide bonds. The van der Waals surface area contributed by atoms with Crippen LogP contribution < -0.4 is 4.74 Å². The van der Waals surface area contributed by atoms with Gasteiger partial charge in [-0.25, -0.2) is 18.1 Å². The van der Waals surface area contributed by atoms with Crippen molar-refractivity contribution in [2.24, 2.45) is 0 Å². The maximum absolute atomic E-state index is 13.5. The summed E-state index contributed by atoms with van der Waals surface area (Å²) in [5, 5.41) is 7.41. The van der Waals surface area contributed by atoms with Gasteiger partial charge in [-0.2, -0.15) is 13.2 Å². The van der Waals surface area contributed by atoms with Gasteiger partial charge < -0.3 is 9.30 Å². The first kappa shape index (κ1) is 30.8. The van der Waals surface area contributed by atoms with Crippen LogP contribution in [0.5, 0.6) is 5.75 Å². The van der Waals surface area contributed by atoms with Crippen LogP contribution in [0.25, 0.3) is 33.8 Å². The molecule has 0 atom stereocenters. The third kappa shape index (κ3) is 6.18. The second kappa shape index (κ2) is 11.1. The van der Waals surface area contributed by atoms with Gasteiger partial charge in [-0.3, -0.25) is 0 Å². The summed E-state index contributed by atoms with van der Waals surface area (Å²) in [5.41, 5.74) is 1.04. The number of aromatic nitrogens is 5. The fourth-order valence-electron chi connectivity index (χ4n) is 4.49. The zero-order chi connectivity index (χ0) is 32.0. The molecule has 0 saturated carbocycles. The number of rotatable bonds is 7. The van der Waals surface area contributed by atoms with Crippen LogP contribution in [0.1, 0.15) is 25.4 Å². The van der Waals surface area contributed by atoms with E-state index in [1.165, 1.54) is 52.7 Å². The summed E-state index contributed by atoms with van der Waals surface area (Å²) in [4.78, 5) is 3.75. The molecule has 5 rings (SSSR count). The Morgan fingerprint density at radius 2 is 1.50 bits per heavy atom. The molecule has 0 aliphatic carbocycles. The Morgan fingerprint density at radius 3 is 2.11 bits per heavy atom. The summed E-state index contributed by atoms with van der Waals surface area (Å²) in [6.07, 6.45) is -7.42. The number of hydrogen-bond acceptors (Lipinski definition) is 6. The van der Waals surface area contributed by atoms with Gasteiger partial charge in [0.05, 0.1) is 33.4 Å². The predicted molar refractivity (Wildman–Crippen MR) is 148 cm³/mol.